The molecular formula is C41H44N6O6. The van der Waals surface area contributed by atoms with Crippen LogP contribution in [-0.2, 0) is 30.3 Å². The van der Waals surface area contributed by atoms with Gasteiger partial charge in [-0.15, -0.1) is 0 Å². The molecule has 1 saturated heterocycles. The number of ether oxygens (including phenoxy) is 1. The van der Waals surface area contributed by atoms with Crippen molar-refractivity contribution in [1.29, 1.82) is 0 Å². The molecule has 0 aromatic carbocycles. The first kappa shape index (κ1) is 35.5. The molecule has 53 heavy (non-hydrogen) atoms. The van der Waals surface area contributed by atoms with Crippen LogP contribution in [0.1, 0.15) is 87.6 Å². The lowest BCUT2D eigenvalue weighted by atomic mass is 9.85. The number of aromatic amines is 3. The maximum absolute atomic E-state index is 14.3. The van der Waals surface area contributed by atoms with E-state index < -0.39 is 23.7 Å². The molecule has 3 atom stereocenters. The fraction of sp³-hybridized carbons (Fsp3) is 0.341. The molecule has 274 valence electrons. The highest BCUT2D eigenvalue weighted by Gasteiger charge is 2.48. The number of rotatable bonds is 9. The van der Waals surface area contributed by atoms with Crippen LogP contribution in [0.15, 0.2) is 30.1 Å². The van der Waals surface area contributed by atoms with Crippen molar-refractivity contribution >= 4 is 59.4 Å². The molecule has 0 unspecified atom stereocenters. The number of carbonyl (C=O) groups is 5. The predicted molar refractivity (Wildman–Crippen MR) is 201 cm³/mol. The Morgan fingerprint density at radius 2 is 1.64 bits per heavy atom. The van der Waals surface area contributed by atoms with Gasteiger partial charge in [0.1, 0.15) is 5.92 Å². The monoisotopic (exact) mass is 716 g/mol. The zero-order valence-electron chi connectivity index (χ0n) is 30.8. The highest BCUT2D eigenvalue weighted by Crippen LogP contribution is 2.48. The third-order valence-electron chi connectivity index (χ3n) is 11.3. The largest absolute Gasteiger partial charge is 0.468 e. The Morgan fingerprint density at radius 1 is 0.943 bits per heavy atom. The fourth-order valence-corrected chi connectivity index (χ4v) is 8.33. The van der Waals surface area contributed by atoms with Crippen LogP contribution in [0.4, 0.5) is 0 Å². The molecule has 3 aliphatic heterocycles. The molecule has 1 fully saturated rings. The number of carbonyl (C=O) groups excluding carboxylic acids is 5. The molecule has 3 aromatic rings. The van der Waals surface area contributed by atoms with Crippen LogP contribution in [0.3, 0.4) is 0 Å². The summed E-state index contributed by atoms with van der Waals surface area (Å²) in [6.45, 7) is 14.5. The second-order valence-corrected chi connectivity index (χ2v) is 14.1. The van der Waals surface area contributed by atoms with E-state index in [0.717, 1.165) is 72.6 Å². The molecule has 12 nitrogen and oxygen atoms in total. The summed E-state index contributed by atoms with van der Waals surface area (Å²) in [7, 11) is 1.28. The van der Waals surface area contributed by atoms with Crippen LogP contribution >= 0.6 is 0 Å². The minimum absolute atomic E-state index is 0.0713. The van der Waals surface area contributed by atoms with Crippen molar-refractivity contribution in [2.24, 2.45) is 17.8 Å². The van der Waals surface area contributed by atoms with E-state index in [2.05, 4.69) is 65.1 Å². The van der Waals surface area contributed by atoms with Crippen molar-refractivity contribution in [2.45, 2.75) is 53.9 Å². The van der Waals surface area contributed by atoms with Crippen molar-refractivity contribution in [2.75, 3.05) is 20.2 Å². The molecule has 4 aliphatic rings. The SMILES string of the molecule is C=Cc1c2[nH]c(c1C)C=C1NC(=C3c4[nH]c(c(C)c4C(=O)[C@@H]3C(=O)OC)C=c3[nH]c(c(C)c3CC)=C2)[C@@H](CCC(=O)NCCN2C(=O)C=CC2=O)[C@@H]1C. The Morgan fingerprint density at radius 3 is 2.32 bits per heavy atom. The Hall–Kier alpha value is -5.91. The van der Waals surface area contributed by atoms with Gasteiger partial charge < -0.3 is 30.3 Å². The van der Waals surface area contributed by atoms with Crippen LogP contribution in [0.25, 0.3) is 29.9 Å². The molecule has 0 radical (unpaired) electrons. The summed E-state index contributed by atoms with van der Waals surface area (Å²) >= 11 is 0. The second kappa shape index (κ2) is 13.6. The first-order valence-electron chi connectivity index (χ1n) is 18.0. The number of ketones is 1. The number of nitrogens with zero attached hydrogens (tertiary/aromatic N) is 1. The van der Waals surface area contributed by atoms with Gasteiger partial charge in [0, 0.05) is 99.4 Å². The molecule has 8 bridgehead atoms. The van der Waals surface area contributed by atoms with Gasteiger partial charge in [0.15, 0.2) is 5.78 Å². The molecule has 1 aliphatic carbocycles. The number of hydrogen-bond donors (Lipinski definition) is 5. The van der Waals surface area contributed by atoms with Crippen molar-refractivity contribution in [3.8, 4) is 0 Å². The number of H-pyrrole nitrogens is 3. The highest BCUT2D eigenvalue weighted by molar-refractivity contribution is 6.24. The number of imide groups is 1. The Balaban J connectivity index is 1.37. The number of aromatic nitrogens is 3. The lowest BCUT2D eigenvalue weighted by Crippen LogP contribution is -2.38. The fourth-order valence-electron chi connectivity index (χ4n) is 8.33. The van der Waals surface area contributed by atoms with Crippen LogP contribution in [0, 0.1) is 38.5 Å². The molecule has 5 N–H and O–H groups in total. The number of fused-ring (bicyclic) bond motifs is 7. The molecule has 6 heterocycles. The van der Waals surface area contributed by atoms with Crippen molar-refractivity contribution in [3.05, 3.63) is 97.0 Å². The zero-order chi connectivity index (χ0) is 37.9. The van der Waals surface area contributed by atoms with Gasteiger partial charge in [0.2, 0.25) is 5.91 Å². The van der Waals surface area contributed by atoms with E-state index in [-0.39, 0.29) is 43.0 Å². The van der Waals surface area contributed by atoms with E-state index in [1.807, 2.05) is 26.0 Å². The van der Waals surface area contributed by atoms with Crippen molar-refractivity contribution < 1.29 is 28.7 Å². The number of esters is 1. The average Bonchev–Trinajstić information content (AvgIpc) is 3.93. The second-order valence-electron chi connectivity index (χ2n) is 14.1. The smallest absolute Gasteiger partial charge is 0.321 e. The molecule has 0 spiro atoms. The van der Waals surface area contributed by atoms with Crippen LogP contribution < -0.4 is 21.3 Å². The number of methoxy groups -OCH3 is 1. The first-order chi connectivity index (χ1) is 25.4. The summed E-state index contributed by atoms with van der Waals surface area (Å²) in [5.74, 6) is -3.65. The molecule has 0 saturated carbocycles. The number of Topliss-reactive ketones (excluding diaryl/α,β-unsaturated/α-hetero) is 1. The summed E-state index contributed by atoms with van der Waals surface area (Å²) in [5, 5.41) is 8.35. The third-order valence-corrected chi connectivity index (χ3v) is 11.3. The number of nitrogens with one attached hydrogen (secondary N) is 5. The van der Waals surface area contributed by atoms with Crippen molar-refractivity contribution in [3.63, 3.8) is 0 Å². The number of allylic oxidation sites excluding steroid dienone is 2. The molecule has 3 amide bonds. The summed E-state index contributed by atoms with van der Waals surface area (Å²) in [6, 6.07) is 0. The van der Waals surface area contributed by atoms with Crippen LogP contribution in [-0.4, -0.2) is 69.5 Å². The van der Waals surface area contributed by atoms with Gasteiger partial charge in [-0.25, -0.2) is 0 Å². The molecule has 7 rings (SSSR count). The van der Waals surface area contributed by atoms with E-state index in [1.165, 1.54) is 19.3 Å². The number of amides is 3. The van der Waals surface area contributed by atoms with Gasteiger partial charge >= 0.3 is 5.97 Å². The summed E-state index contributed by atoms with van der Waals surface area (Å²) < 4.78 is 5.23. The van der Waals surface area contributed by atoms with Gasteiger partial charge in [-0.2, -0.15) is 0 Å². The Kier molecular flexibility index (Phi) is 9.09. The van der Waals surface area contributed by atoms with Crippen LogP contribution in [0.2, 0.25) is 0 Å². The standard InChI is InChI=1S/C41H44N6O6/c1-8-23-19(3)26-16-28-21(5)25(10-11-32(48)42-14-15-47-33(49)12-13-34(47)50)38(45-28)36-37(41(52)53-7)40(51)35-22(6)29(46-39(35)36)18-31-24(9-2)20(4)27(44-31)17-30(23)43-26/h8,12-13,16-18,21,25,37,43-46H,1,9-11,14-15H2,2-7H3,(H,42,48)/t21-,25-,37+/m0/s1. The van der Waals surface area contributed by atoms with E-state index in [0.29, 0.717) is 28.9 Å². The van der Waals surface area contributed by atoms with Crippen LogP contribution in [0.5, 0.6) is 0 Å². The quantitative estimate of drug-likeness (QED) is 0.129. The highest BCUT2D eigenvalue weighted by atomic mass is 16.5. The van der Waals surface area contributed by atoms with Gasteiger partial charge in [-0.1, -0.05) is 26.5 Å². The Labute approximate surface area is 306 Å². The van der Waals surface area contributed by atoms with E-state index >= 15 is 0 Å². The molecular weight excluding hydrogens is 672 g/mol. The van der Waals surface area contributed by atoms with E-state index in [4.69, 9.17) is 4.74 Å². The topological polar surface area (TPSA) is 169 Å². The zero-order valence-corrected chi connectivity index (χ0v) is 30.8. The van der Waals surface area contributed by atoms with E-state index in [9.17, 15) is 24.0 Å². The predicted octanol–water partition coefficient (Wildman–Crippen LogP) is 3.19. The van der Waals surface area contributed by atoms with Gasteiger partial charge in [-0.05, 0) is 74.1 Å². The lowest BCUT2D eigenvalue weighted by molar-refractivity contribution is -0.142. The third kappa shape index (κ3) is 5.82. The van der Waals surface area contributed by atoms with Gasteiger partial charge in [0.05, 0.1) is 12.8 Å². The number of hydrogen-bond acceptors (Lipinski definition) is 7. The molecule has 12 heteroatoms. The molecule has 3 aromatic heterocycles. The summed E-state index contributed by atoms with van der Waals surface area (Å²) in [5.41, 5.74) is 10.7. The normalized spacial score (nSPS) is 20.0. The Bertz CT molecular complexity index is 2340. The minimum Gasteiger partial charge on any atom is -0.468 e. The first-order valence-corrected chi connectivity index (χ1v) is 18.0. The maximum Gasteiger partial charge on any atom is 0.321 e. The summed E-state index contributed by atoms with van der Waals surface area (Å²) in [4.78, 5) is 76.7. The lowest BCUT2D eigenvalue weighted by Gasteiger charge is -2.20. The minimum atomic E-state index is -1.19. The van der Waals surface area contributed by atoms with Crippen molar-refractivity contribution in [1.82, 2.24) is 30.5 Å². The van der Waals surface area contributed by atoms with E-state index in [1.54, 1.807) is 0 Å². The summed E-state index contributed by atoms with van der Waals surface area (Å²) in [6.07, 6.45) is 11.8. The van der Waals surface area contributed by atoms with Gasteiger partial charge in [-0.3, -0.25) is 28.9 Å². The van der Waals surface area contributed by atoms with Gasteiger partial charge in [0.25, 0.3) is 11.8 Å². The average molecular weight is 717 g/mol. The maximum atomic E-state index is 14.3.